The lowest BCUT2D eigenvalue weighted by Gasteiger charge is -2.20. The molecule has 0 aromatic carbocycles. The Bertz CT molecular complexity index is 244. The van der Waals surface area contributed by atoms with Crippen LogP contribution >= 0.6 is 0 Å². The van der Waals surface area contributed by atoms with Crippen molar-refractivity contribution in [2.75, 3.05) is 20.2 Å². The van der Waals surface area contributed by atoms with Crippen LogP contribution in [0.2, 0.25) is 0 Å². The number of amides is 2. The molecule has 4 N–H and O–H groups in total. The van der Waals surface area contributed by atoms with Crippen molar-refractivity contribution in [1.29, 1.82) is 0 Å². The first-order valence-electron chi connectivity index (χ1n) is 4.91. The van der Waals surface area contributed by atoms with Crippen LogP contribution in [0, 0.1) is 0 Å². The van der Waals surface area contributed by atoms with E-state index in [0.717, 1.165) is 0 Å². The number of nitrogens with one attached hydrogen (secondary N) is 1. The average Bonchev–Trinajstić information content (AvgIpc) is 2.21. The van der Waals surface area contributed by atoms with E-state index in [1.165, 1.54) is 11.9 Å². The van der Waals surface area contributed by atoms with Crippen molar-refractivity contribution in [1.82, 2.24) is 10.2 Å². The first kappa shape index (κ1) is 14.7. The molecule has 0 spiro atoms. The number of urea groups is 1. The lowest BCUT2D eigenvalue weighted by atomic mass is 10.3. The lowest BCUT2D eigenvalue weighted by molar-refractivity contribution is -0.140. The van der Waals surface area contributed by atoms with E-state index in [-0.39, 0.29) is 0 Å². The summed E-state index contributed by atoms with van der Waals surface area (Å²) in [4.78, 5) is 23.2. The van der Waals surface area contributed by atoms with Crippen molar-refractivity contribution in [2.45, 2.75) is 25.5 Å². The van der Waals surface area contributed by atoms with Gasteiger partial charge in [-0.1, -0.05) is 0 Å². The largest absolute Gasteiger partial charge is 0.480 e. The van der Waals surface area contributed by atoms with Gasteiger partial charge in [-0.3, -0.25) is 0 Å². The van der Waals surface area contributed by atoms with Gasteiger partial charge in [0.1, 0.15) is 0 Å². The third kappa shape index (κ3) is 5.52. The van der Waals surface area contributed by atoms with E-state index in [4.69, 9.17) is 15.3 Å². The van der Waals surface area contributed by atoms with Crippen LogP contribution in [0.15, 0.2) is 0 Å². The first-order valence-corrected chi connectivity index (χ1v) is 4.91. The predicted molar refractivity (Wildman–Crippen MR) is 56.0 cm³/mol. The highest BCUT2D eigenvalue weighted by Crippen LogP contribution is 1.94. The number of carbonyl (C=O) groups is 2. The first-order chi connectivity index (χ1) is 7.38. The van der Waals surface area contributed by atoms with Gasteiger partial charge < -0.3 is 25.5 Å². The predicted octanol–water partition coefficient (Wildman–Crippen LogP) is -1.16. The van der Waals surface area contributed by atoms with Crippen LogP contribution in [0.5, 0.6) is 0 Å². The number of aliphatic hydroxyl groups is 2. The van der Waals surface area contributed by atoms with Gasteiger partial charge in [-0.25, -0.2) is 9.59 Å². The van der Waals surface area contributed by atoms with Crippen molar-refractivity contribution in [3.8, 4) is 0 Å². The highest BCUT2D eigenvalue weighted by atomic mass is 16.4. The Hall–Kier alpha value is -1.34. The van der Waals surface area contributed by atoms with Crippen LogP contribution < -0.4 is 5.32 Å². The summed E-state index contributed by atoms with van der Waals surface area (Å²) >= 11 is 0. The third-order valence-corrected chi connectivity index (χ3v) is 2.01. The van der Waals surface area contributed by atoms with E-state index in [1.807, 2.05) is 0 Å². The van der Waals surface area contributed by atoms with Gasteiger partial charge in [0.25, 0.3) is 0 Å². The molecule has 0 bridgehead atoms. The summed E-state index contributed by atoms with van der Waals surface area (Å²) in [7, 11) is 1.48. The topological polar surface area (TPSA) is 110 Å². The molecule has 94 valence electrons. The average molecular weight is 234 g/mol. The monoisotopic (exact) mass is 234 g/mol. The molecular weight excluding hydrogens is 216 g/mol. The Labute approximate surface area is 93.7 Å². The molecule has 0 rings (SSSR count). The molecule has 7 nitrogen and oxygen atoms in total. The number of rotatable bonds is 6. The van der Waals surface area contributed by atoms with E-state index >= 15 is 0 Å². The molecule has 0 radical (unpaired) electrons. The zero-order valence-electron chi connectivity index (χ0n) is 9.38. The highest BCUT2D eigenvalue weighted by Gasteiger charge is 2.20. The van der Waals surface area contributed by atoms with Crippen LogP contribution in [-0.2, 0) is 4.79 Å². The minimum Gasteiger partial charge on any atom is -0.480 e. The van der Waals surface area contributed by atoms with Gasteiger partial charge in [0, 0.05) is 13.6 Å². The molecule has 0 aromatic rings. The minimum absolute atomic E-state index is 0.307. The summed E-state index contributed by atoms with van der Waals surface area (Å²) in [5, 5.41) is 28.4. The molecule has 0 aromatic heterocycles. The summed E-state index contributed by atoms with van der Waals surface area (Å²) < 4.78 is 0. The lowest BCUT2D eigenvalue weighted by Crippen LogP contribution is -2.48. The second-order valence-electron chi connectivity index (χ2n) is 3.58. The zero-order valence-corrected chi connectivity index (χ0v) is 9.38. The Balaban J connectivity index is 4.08. The van der Waals surface area contributed by atoms with Gasteiger partial charge in [0.05, 0.1) is 12.7 Å². The molecule has 0 aliphatic carbocycles. The molecule has 0 aliphatic heterocycles. The number of carboxylic acids is 1. The van der Waals surface area contributed by atoms with Crippen molar-refractivity contribution in [3.63, 3.8) is 0 Å². The maximum atomic E-state index is 11.4. The second kappa shape index (κ2) is 7.02. The number of hydrogen-bond acceptors (Lipinski definition) is 4. The van der Waals surface area contributed by atoms with Crippen molar-refractivity contribution in [2.24, 2.45) is 0 Å². The van der Waals surface area contributed by atoms with Crippen LogP contribution in [0.3, 0.4) is 0 Å². The maximum Gasteiger partial charge on any atom is 0.328 e. The number of carboxylic acid groups (broad SMARTS) is 1. The van der Waals surface area contributed by atoms with E-state index in [1.54, 1.807) is 6.92 Å². The molecule has 0 saturated carbocycles. The smallest absolute Gasteiger partial charge is 0.328 e. The molecule has 2 atom stereocenters. The molecule has 2 amide bonds. The van der Waals surface area contributed by atoms with Gasteiger partial charge in [-0.05, 0) is 13.3 Å². The van der Waals surface area contributed by atoms with Gasteiger partial charge in [0.2, 0.25) is 0 Å². The molecule has 16 heavy (non-hydrogen) atoms. The van der Waals surface area contributed by atoms with Crippen LogP contribution in [-0.4, -0.2) is 64.6 Å². The summed E-state index contributed by atoms with van der Waals surface area (Å²) in [5.74, 6) is -1.29. The van der Waals surface area contributed by atoms with Crippen molar-refractivity contribution in [3.05, 3.63) is 0 Å². The second-order valence-corrected chi connectivity index (χ2v) is 3.58. The number of hydrogen-bond donors (Lipinski definition) is 4. The summed E-state index contributed by atoms with van der Waals surface area (Å²) in [6.07, 6.45) is -0.121. The number of aliphatic hydroxyl groups excluding tert-OH is 2. The third-order valence-electron chi connectivity index (χ3n) is 2.01. The Kier molecular flexibility index (Phi) is 6.43. The zero-order chi connectivity index (χ0) is 12.7. The summed E-state index contributed by atoms with van der Waals surface area (Å²) in [6, 6.07) is -1.90. The fourth-order valence-electron chi connectivity index (χ4n) is 0.927. The molecule has 0 heterocycles. The SMILES string of the molecule is CC(O)CCN(C)C(=O)N[C@@H](CO)C(=O)O. The normalized spacial score (nSPS) is 14.0. The van der Waals surface area contributed by atoms with Crippen molar-refractivity contribution < 1.29 is 24.9 Å². The number of nitrogens with zero attached hydrogens (tertiary/aromatic N) is 1. The van der Waals surface area contributed by atoms with Gasteiger partial charge in [-0.2, -0.15) is 0 Å². The Morgan fingerprint density at radius 1 is 1.44 bits per heavy atom. The van der Waals surface area contributed by atoms with Crippen molar-refractivity contribution >= 4 is 12.0 Å². The molecular formula is C9H18N2O5. The molecule has 0 saturated heterocycles. The summed E-state index contributed by atoms with van der Waals surface area (Å²) in [6.45, 7) is 1.24. The van der Waals surface area contributed by atoms with E-state index in [9.17, 15) is 9.59 Å². The highest BCUT2D eigenvalue weighted by molar-refractivity contribution is 5.82. The van der Waals surface area contributed by atoms with E-state index < -0.39 is 30.8 Å². The Morgan fingerprint density at radius 3 is 2.38 bits per heavy atom. The standard InChI is InChI=1S/C9H18N2O5/c1-6(13)3-4-11(2)9(16)10-7(5-12)8(14)15/h6-7,12-13H,3-5H2,1-2H3,(H,10,16)(H,14,15)/t6?,7-/m0/s1. The van der Waals surface area contributed by atoms with E-state index in [0.29, 0.717) is 13.0 Å². The van der Waals surface area contributed by atoms with E-state index in [2.05, 4.69) is 5.32 Å². The molecule has 0 fully saturated rings. The minimum atomic E-state index is -1.30. The molecule has 0 aliphatic rings. The van der Waals surface area contributed by atoms with Gasteiger partial charge in [0.15, 0.2) is 6.04 Å². The number of carbonyl (C=O) groups excluding carboxylic acids is 1. The number of aliphatic carboxylic acids is 1. The fourth-order valence-corrected chi connectivity index (χ4v) is 0.927. The van der Waals surface area contributed by atoms with Crippen LogP contribution in [0.25, 0.3) is 0 Å². The Morgan fingerprint density at radius 2 is 2.00 bits per heavy atom. The van der Waals surface area contributed by atoms with Gasteiger partial charge in [-0.15, -0.1) is 0 Å². The maximum absolute atomic E-state index is 11.4. The van der Waals surface area contributed by atoms with Crippen LogP contribution in [0.4, 0.5) is 4.79 Å². The van der Waals surface area contributed by atoms with Crippen LogP contribution in [0.1, 0.15) is 13.3 Å². The fraction of sp³-hybridized carbons (Fsp3) is 0.778. The quantitative estimate of drug-likeness (QED) is 0.463. The summed E-state index contributed by atoms with van der Waals surface area (Å²) in [5.41, 5.74) is 0. The molecule has 7 heteroatoms. The van der Waals surface area contributed by atoms with Gasteiger partial charge >= 0.3 is 12.0 Å². The molecule has 1 unspecified atom stereocenters.